The van der Waals surface area contributed by atoms with E-state index in [-0.39, 0.29) is 10.6 Å². The predicted octanol–water partition coefficient (Wildman–Crippen LogP) is 3.07. The molecule has 1 aliphatic heterocycles. The minimum atomic E-state index is -0.350. The van der Waals surface area contributed by atoms with E-state index in [1.165, 1.54) is 31.0 Å². The Bertz CT molecular complexity index is 610. The summed E-state index contributed by atoms with van der Waals surface area (Å²) in [6.45, 7) is 7.58. The Hall–Kier alpha value is -1.72. The van der Waals surface area contributed by atoms with Crippen LogP contribution in [0.4, 0.5) is 5.69 Å². The Morgan fingerprint density at radius 1 is 1.43 bits per heavy atom. The van der Waals surface area contributed by atoms with E-state index in [1.54, 1.807) is 12.1 Å². The van der Waals surface area contributed by atoms with Gasteiger partial charge in [0.2, 0.25) is 0 Å². The van der Waals surface area contributed by atoms with E-state index in [4.69, 9.17) is 0 Å². The van der Waals surface area contributed by atoms with Crippen LogP contribution in [0.15, 0.2) is 29.8 Å². The van der Waals surface area contributed by atoms with Gasteiger partial charge in [-0.3, -0.25) is 15.0 Å². The van der Waals surface area contributed by atoms with Crippen LogP contribution < -0.4 is 5.32 Å². The monoisotopic (exact) mass is 315 g/mol. The van der Waals surface area contributed by atoms with E-state index in [0.717, 1.165) is 24.7 Å². The fraction of sp³-hybridized carbons (Fsp3) is 0.556. The third kappa shape index (κ3) is 4.18. The van der Waals surface area contributed by atoms with Crippen LogP contribution in [0.1, 0.15) is 32.3 Å². The molecule has 23 heavy (non-hydrogen) atoms. The topological polar surface area (TPSA) is 58.4 Å². The van der Waals surface area contributed by atoms with E-state index in [0.29, 0.717) is 12.0 Å². The van der Waals surface area contributed by atoms with Crippen LogP contribution in [0.5, 0.6) is 0 Å². The molecule has 0 spiro atoms. The molecule has 1 heterocycles. The van der Waals surface area contributed by atoms with E-state index in [9.17, 15) is 10.1 Å². The summed E-state index contributed by atoms with van der Waals surface area (Å²) in [7, 11) is 0. The van der Waals surface area contributed by atoms with E-state index >= 15 is 0 Å². The first-order chi connectivity index (χ1) is 11.0. The Labute approximate surface area is 137 Å². The Morgan fingerprint density at radius 2 is 2.22 bits per heavy atom. The smallest absolute Gasteiger partial charge is 0.270 e. The van der Waals surface area contributed by atoms with Crippen LogP contribution in [0.2, 0.25) is 0 Å². The van der Waals surface area contributed by atoms with Crippen molar-refractivity contribution in [2.75, 3.05) is 19.6 Å². The number of hydrogen-bond acceptors (Lipinski definition) is 4. The fourth-order valence-electron chi connectivity index (χ4n) is 3.36. The summed E-state index contributed by atoms with van der Waals surface area (Å²) >= 11 is 0. The second-order valence-electron chi connectivity index (χ2n) is 6.99. The van der Waals surface area contributed by atoms with Gasteiger partial charge in [0.05, 0.1) is 4.92 Å². The third-order valence-corrected chi connectivity index (χ3v) is 4.84. The molecule has 1 aromatic carbocycles. The summed E-state index contributed by atoms with van der Waals surface area (Å²) in [5.74, 6) is 0.682. The van der Waals surface area contributed by atoms with Gasteiger partial charge < -0.3 is 5.32 Å². The number of nitrogens with zero attached hydrogens (tertiary/aromatic N) is 2. The highest BCUT2D eigenvalue weighted by Gasteiger charge is 2.37. The van der Waals surface area contributed by atoms with Crippen LogP contribution in [0.3, 0.4) is 0 Å². The zero-order valence-corrected chi connectivity index (χ0v) is 13.9. The lowest BCUT2D eigenvalue weighted by Crippen LogP contribution is -2.36. The molecule has 0 radical (unpaired) electrons. The largest absolute Gasteiger partial charge is 0.309 e. The van der Waals surface area contributed by atoms with Crippen molar-refractivity contribution in [1.82, 2.24) is 10.2 Å². The summed E-state index contributed by atoms with van der Waals surface area (Å²) in [5.41, 5.74) is 2.23. The second-order valence-corrected chi connectivity index (χ2v) is 6.99. The molecule has 2 unspecified atom stereocenters. The maximum absolute atomic E-state index is 10.8. The number of nitro benzene ring substituents is 1. The molecule has 5 heteroatoms. The van der Waals surface area contributed by atoms with Crippen molar-refractivity contribution >= 4 is 11.8 Å². The minimum absolute atomic E-state index is 0.143. The van der Waals surface area contributed by atoms with Gasteiger partial charge in [-0.25, -0.2) is 0 Å². The first-order valence-electron chi connectivity index (χ1n) is 8.42. The first kappa shape index (κ1) is 16.1. The van der Waals surface area contributed by atoms with Gasteiger partial charge >= 0.3 is 0 Å². The molecule has 0 bridgehead atoms. The van der Waals surface area contributed by atoms with Crippen LogP contribution >= 0.6 is 0 Å². The molecular formula is C18H25N3O2. The average Bonchev–Trinajstić information content (AvgIpc) is 3.29. The second kappa shape index (κ2) is 6.81. The van der Waals surface area contributed by atoms with Crippen LogP contribution in [0, 0.1) is 16.0 Å². The maximum atomic E-state index is 10.8. The van der Waals surface area contributed by atoms with Crippen molar-refractivity contribution in [3.05, 3.63) is 45.5 Å². The molecule has 1 aliphatic carbocycles. The summed E-state index contributed by atoms with van der Waals surface area (Å²) < 4.78 is 0. The minimum Gasteiger partial charge on any atom is -0.309 e. The lowest BCUT2D eigenvalue weighted by Gasteiger charge is -2.17. The van der Waals surface area contributed by atoms with Gasteiger partial charge in [-0.05, 0) is 31.2 Å². The van der Waals surface area contributed by atoms with Crippen LogP contribution in [-0.2, 0) is 0 Å². The van der Waals surface area contributed by atoms with Crippen LogP contribution in [-0.4, -0.2) is 41.5 Å². The summed E-state index contributed by atoms with van der Waals surface area (Å²) in [6.07, 6.45) is 4.76. The molecule has 124 valence electrons. The molecule has 2 fully saturated rings. The molecule has 3 rings (SSSR count). The SMILES string of the molecule is C/C(=C\c1cccc([N+](=O)[O-])c1)CNC1CN(C2CC2)CC1C. The molecule has 1 saturated heterocycles. The molecule has 1 aromatic rings. The standard InChI is InChI=1S/C18H25N3O2/c1-13(8-15-4-3-5-17(9-15)21(22)23)10-19-18-12-20(11-14(18)2)16-6-7-16/h3-5,8-9,14,16,18-19H,6-7,10-12H2,1-2H3/b13-8+. The number of nitrogens with one attached hydrogen (secondary N) is 1. The summed E-state index contributed by atoms with van der Waals surface area (Å²) in [4.78, 5) is 13.1. The lowest BCUT2D eigenvalue weighted by atomic mass is 10.1. The number of rotatable bonds is 6. The van der Waals surface area contributed by atoms with Crippen molar-refractivity contribution in [3.63, 3.8) is 0 Å². The zero-order valence-electron chi connectivity index (χ0n) is 13.9. The molecule has 1 N–H and O–H groups in total. The lowest BCUT2D eigenvalue weighted by molar-refractivity contribution is -0.384. The quantitative estimate of drug-likeness (QED) is 0.647. The molecule has 2 aliphatic rings. The highest BCUT2D eigenvalue weighted by atomic mass is 16.6. The van der Waals surface area contributed by atoms with Gasteiger partial charge in [-0.2, -0.15) is 0 Å². The summed E-state index contributed by atoms with van der Waals surface area (Å²) in [6, 6.07) is 8.17. The average molecular weight is 315 g/mol. The number of likely N-dealkylation sites (tertiary alicyclic amines) is 1. The molecule has 5 nitrogen and oxygen atoms in total. The number of hydrogen-bond donors (Lipinski definition) is 1. The van der Waals surface area contributed by atoms with E-state index in [2.05, 4.69) is 24.1 Å². The van der Waals surface area contributed by atoms with Crippen molar-refractivity contribution < 1.29 is 4.92 Å². The van der Waals surface area contributed by atoms with E-state index < -0.39 is 0 Å². The molecule has 1 saturated carbocycles. The normalized spacial score (nSPS) is 25.7. The number of nitro groups is 1. The molecule has 0 amide bonds. The van der Waals surface area contributed by atoms with Crippen molar-refractivity contribution in [2.45, 2.75) is 38.8 Å². The van der Waals surface area contributed by atoms with Gasteiger partial charge in [0.15, 0.2) is 0 Å². The Morgan fingerprint density at radius 3 is 2.91 bits per heavy atom. The van der Waals surface area contributed by atoms with Gasteiger partial charge in [-0.15, -0.1) is 0 Å². The zero-order chi connectivity index (χ0) is 16.4. The van der Waals surface area contributed by atoms with Gasteiger partial charge in [-0.1, -0.05) is 30.7 Å². The van der Waals surface area contributed by atoms with Gasteiger partial charge in [0.25, 0.3) is 5.69 Å². The highest BCUT2D eigenvalue weighted by Crippen LogP contribution is 2.31. The van der Waals surface area contributed by atoms with Crippen molar-refractivity contribution in [3.8, 4) is 0 Å². The number of non-ortho nitro benzene ring substituents is 1. The molecular weight excluding hydrogens is 290 g/mol. The van der Waals surface area contributed by atoms with Crippen LogP contribution in [0.25, 0.3) is 6.08 Å². The first-order valence-corrected chi connectivity index (χ1v) is 8.42. The third-order valence-electron chi connectivity index (χ3n) is 4.84. The molecule has 2 atom stereocenters. The Kier molecular flexibility index (Phi) is 4.78. The summed E-state index contributed by atoms with van der Waals surface area (Å²) in [5, 5.41) is 14.5. The fourth-order valence-corrected chi connectivity index (χ4v) is 3.36. The Balaban J connectivity index is 1.55. The van der Waals surface area contributed by atoms with Gasteiger partial charge in [0.1, 0.15) is 0 Å². The van der Waals surface area contributed by atoms with E-state index in [1.807, 2.05) is 12.1 Å². The number of benzene rings is 1. The highest BCUT2D eigenvalue weighted by molar-refractivity contribution is 5.56. The van der Waals surface area contributed by atoms with Gasteiger partial charge in [0, 0.05) is 43.9 Å². The van der Waals surface area contributed by atoms with Crippen molar-refractivity contribution in [1.29, 1.82) is 0 Å². The maximum Gasteiger partial charge on any atom is 0.270 e. The molecule has 0 aromatic heterocycles. The van der Waals surface area contributed by atoms with Crippen molar-refractivity contribution in [2.24, 2.45) is 5.92 Å². The predicted molar refractivity (Wildman–Crippen MR) is 92.3 cm³/mol.